The lowest BCUT2D eigenvalue weighted by Gasteiger charge is -2.14. The van der Waals surface area contributed by atoms with Crippen LogP contribution in [0, 0.1) is 0 Å². The van der Waals surface area contributed by atoms with Gasteiger partial charge in [0.05, 0.1) is 9.79 Å². The molecule has 14 nitrogen and oxygen atoms in total. The molecule has 2 aliphatic heterocycles. The van der Waals surface area contributed by atoms with E-state index in [9.17, 15) is 45.6 Å². The fraction of sp³-hybridized carbons (Fsp3) is 0.308. The van der Waals surface area contributed by atoms with E-state index in [0.717, 1.165) is 0 Å². The number of imide groups is 2. The molecule has 2 N–H and O–H groups in total. The van der Waals surface area contributed by atoms with Gasteiger partial charge in [-0.15, -0.1) is 0 Å². The van der Waals surface area contributed by atoms with Gasteiger partial charge in [0.25, 0.3) is 20.0 Å². The van der Waals surface area contributed by atoms with Crippen LogP contribution >= 0.6 is 21.6 Å². The van der Waals surface area contributed by atoms with Crippen LogP contribution in [-0.2, 0) is 48.8 Å². The lowest BCUT2D eigenvalue weighted by molar-refractivity contribution is -0.134. The van der Waals surface area contributed by atoms with E-state index in [1.807, 2.05) is 0 Å². The minimum atomic E-state index is -4.30. The van der Waals surface area contributed by atoms with Gasteiger partial charge in [-0.2, -0.15) is 8.61 Å². The highest BCUT2D eigenvalue weighted by Crippen LogP contribution is 2.27. The highest BCUT2D eigenvalue weighted by molar-refractivity contribution is 8.76. The Kier molecular flexibility index (Phi) is 10.5. The van der Waals surface area contributed by atoms with Crippen molar-refractivity contribution >= 4 is 88.5 Å². The molecule has 2 saturated heterocycles. The lowest BCUT2D eigenvalue weighted by Crippen LogP contribution is -2.35. The normalized spacial score (nSPS) is 15.6. The second kappa shape index (κ2) is 13.9. The first-order chi connectivity index (χ1) is 20.8. The molecule has 2 aromatic rings. The largest absolute Gasteiger partial charge is 0.326 e. The van der Waals surface area contributed by atoms with Gasteiger partial charge in [-0.3, -0.25) is 28.8 Å². The number of hydrogen-bond donors (Lipinski definition) is 2. The first-order valence-electron chi connectivity index (χ1n) is 13.1. The summed E-state index contributed by atoms with van der Waals surface area (Å²) >= 11 is 0. The Morgan fingerprint density at radius 1 is 0.568 bits per heavy atom. The molecule has 6 amide bonds. The monoisotopic (exact) mass is 682 g/mol. The molecule has 234 valence electrons. The number of nitrogens with zero attached hydrogens (tertiary/aromatic N) is 2. The highest BCUT2D eigenvalue weighted by Gasteiger charge is 2.40. The van der Waals surface area contributed by atoms with Crippen molar-refractivity contribution < 1.29 is 45.6 Å². The Balaban J connectivity index is 1.13. The van der Waals surface area contributed by atoms with Gasteiger partial charge in [-0.1, -0.05) is 21.6 Å². The summed E-state index contributed by atoms with van der Waals surface area (Å²) in [5, 5.41) is 5.27. The number of carbonyl (C=O) groups excluding carboxylic acids is 6. The quantitative estimate of drug-likeness (QED) is 0.177. The molecule has 2 fully saturated rings. The van der Waals surface area contributed by atoms with Crippen LogP contribution in [0.25, 0.3) is 0 Å². The van der Waals surface area contributed by atoms with Gasteiger partial charge in [0, 0.05) is 61.4 Å². The molecule has 0 saturated carbocycles. The maximum absolute atomic E-state index is 12.6. The Bertz CT molecular complexity index is 1550. The Labute approximate surface area is 260 Å². The number of anilines is 2. The SMILES string of the molecule is O=C(CCSSCCC(=O)Nc1ccc(S(=O)(=O)N2C(=O)CCC2=O)cc1)Nc1ccc(S(=O)(=O)N2C(=O)CCC2=O)cc1. The van der Waals surface area contributed by atoms with Crippen LogP contribution in [-0.4, -0.2) is 72.4 Å². The van der Waals surface area contributed by atoms with E-state index in [0.29, 0.717) is 22.9 Å². The van der Waals surface area contributed by atoms with Gasteiger partial charge in [0.2, 0.25) is 35.4 Å². The van der Waals surface area contributed by atoms with E-state index in [1.54, 1.807) is 0 Å². The van der Waals surface area contributed by atoms with Crippen LogP contribution in [0.4, 0.5) is 11.4 Å². The molecule has 0 bridgehead atoms. The minimum absolute atomic E-state index is 0.143. The van der Waals surface area contributed by atoms with E-state index < -0.39 is 43.7 Å². The van der Waals surface area contributed by atoms with Crippen molar-refractivity contribution in [1.82, 2.24) is 8.61 Å². The van der Waals surface area contributed by atoms with Crippen LogP contribution in [0.3, 0.4) is 0 Å². The smallest absolute Gasteiger partial charge is 0.273 e. The Morgan fingerprint density at radius 3 is 1.16 bits per heavy atom. The molecular weight excluding hydrogens is 657 g/mol. The molecule has 2 heterocycles. The number of amides is 6. The van der Waals surface area contributed by atoms with E-state index in [1.165, 1.54) is 70.1 Å². The van der Waals surface area contributed by atoms with Crippen LogP contribution in [0.15, 0.2) is 58.3 Å². The molecule has 0 aliphatic carbocycles. The minimum Gasteiger partial charge on any atom is -0.326 e. The average molecular weight is 683 g/mol. The summed E-state index contributed by atoms with van der Waals surface area (Å²) in [6, 6.07) is 10.2. The zero-order valence-electron chi connectivity index (χ0n) is 22.9. The molecule has 0 spiro atoms. The number of sulfonamides is 2. The summed E-state index contributed by atoms with van der Waals surface area (Å²) in [6.07, 6.45) is -0.340. The Morgan fingerprint density at radius 2 is 0.864 bits per heavy atom. The summed E-state index contributed by atoms with van der Waals surface area (Å²) in [6.45, 7) is 0. The third kappa shape index (κ3) is 7.66. The van der Waals surface area contributed by atoms with E-state index >= 15 is 0 Å². The fourth-order valence-corrected chi connectivity index (χ4v) is 8.91. The predicted octanol–water partition coefficient (Wildman–Crippen LogP) is 2.10. The second-order valence-electron chi connectivity index (χ2n) is 9.40. The number of nitrogens with one attached hydrogen (secondary N) is 2. The van der Waals surface area contributed by atoms with Crippen LogP contribution in [0.1, 0.15) is 38.5 Å². The summed E-state index contributed by atoms with van der Waals surface area (Å²) in [5.74, 6) is -2.88. The van der Waals surface area contributed by atoms with Crippen molar-refractivity contribution in [2.45, 2.75) is 48.3 Å². The van der Waals surface area contributed by atoms with Gasteiger partial charge in [-0.25, -0.2) is 16.8 Å². The van der Waals surface area contributed by atoms with Crippen LogP contribution in [0.2, 0.25) is 0 Å². The molecule has 18 heteroatoms. The van der Waals surface area contributed by atoms with Crippen molar-refractivity contribution in [3.63, 3.8) is 0 Å². The molecule has 0 radical (unpaired) electrons. The molecule has 0 atom stereocenters. The van der Waals surface area contributed by atoms with Crippen LogP contribution in [0.5, 0.6) is 0 Å². The third-order valence-corrected chi connectivity index (χ3v) is 12.2. The molecule has 2 aromatic carbocycles. The Hall–Kier alpha value is -3.74. The summed E-state index contributed by atoms with van der Waals surface area (Å²) < 4.78 is 50.9. The van der Waals surface area contributed by atoms with Crippen molar-refractivity contribution in [2.75, 3.05) is 22.1 Å². The molecular formula is C26H26N4O10S4. The van der Waals surface area contributed by atoms with Gasteiger partial charge in [0.15, 0.2) is 0 Å². The topological polar surface area (TPSA) is 201 Å². The third-order valence-electron chi connectivity index (χ3n) is 6.27. The van der Waals surface area contributed by atoms with E-state index in [2.05, 4.69) is 10.6 Å². The maximum atomic E-state index is 12.6. The zero-order valence-corrected chi connectivity index (χ0v) is 26.2. The average Bonchev–Trinajstić information content (AvgIpc) is 3.50. The first-order valence-corrected chi connectivity index (χ1v) is 18.4. The van der Waals surface area contributed by atoms with Crippen molar-refractivity contribution in [1.29, 1.82) is 0 Å². The number of carbonyl (C=O) groups is 6. The number of rotatable bonds is 13. The predicted molar refractivity (Wildman–Crippen MR) is 161 cm³/mol. The summed E-state index contributed by atoms with van der Waals surface area (Å²) in [7, 11) is -5.84. The molecule has 0 aromatic heterocycles. The summed E-state index contributed by atoms with van der Waals surface area (Å²) in [5.41, 5.74) is 0.678. The second-order valence-corrected chi connectivity index (χ2v) is 15.7. The van der Waals surface area contributed by atoms with Crippen molar-refractivity contribution in [3.8, 4) is 0 Å². The maximum Gasteiger partial charge on any atom is 0.273 e. The lowest BCUT2D eigenvalue weighted by atomic mass is 10.3. The van der Waals surface area contributed by atoms with Gasteiger partial charge >= 0.3 is 0 Å². The van der Waals surface area contributed by atoms with Crippen molar-refractivity contribution in [3.05, 3.63) is 48.5 Å². The molecule has 0 unspecified atom stereocenters. The molecule has 44 heavy (non-hydrogen) atoms. The van der Waals surface area contributed by atoms with E-state index in [-0.39, 0.29) is 68.7 Å². The van der Waals surface area contributed by atoms with Gasteiger partial charge < -0.3 is 10.6 Å². The fourth-order valence-electron chi connectivity index (χ4n) is 4.11. The first kappa shape index (κ1) is 33.2. The number of benzene rings is 2. The zero-order chi connectivity index (χ0) is 32.1. The number of hydrogen-bond acceptors (Lipinski definition) is 12. The standard InChI is InChI=1S/C26H26N4O10S4/c31-21(27-17-1-5-19(6-2-17)43(37,38)29-23(33)9-10-24(29)34)13-15-41-42-16-14-22(32)28-18-3-7-20(8-4-18)44(39,40)30-25(35)11-12-26(30)36/h1-8H,9-16H2,(H,27,31)(H,28,32). The molecule has 2 aliphatic rings. The highest BCUT2D eigenvalue weighted by atomic mass is 33.1. The summed E-state index contributed by atoms with van der Waals surface area (Å²) in [4.78, 5) is 71.2. The van der Waals surface area contributed by atoms with E-state index in [4.69, 9.17) is 0 Å². The van der Waals surface area contributed by atoms with Gasteiger partial charge in [-0.05, 0) is 48.5 Å². The van der Waals surface area contributed by atoms with Crippen molar-refractivity contribution in [2.24, 2.45) is 0 Å². The van der Waals surface area contributed by atoms with Gasteiger partial charge in [0.1, 0.15) is 0 Å². The molecule has 4 rings (SSSR count). The van der Waals surface area contributed by atoms with Crippen LogP contribution < -0.4 is 10.6 Å².